The molecule has 5 nitrogen and oxygen atoms in total. The maximum absolute atomic E-state index is 6.33. The van der Waals surface area contributed by atoms with E-state index in [1.165, 1.54) is 12.8 Å². The monoisotopic (exact) mass is 362 g/mol. The smallest absolute Gasteiger partial charge is 0.228 e. The summed E-state index contributed by atoms with van der Waals surface area (Å²) < 4.78 is 5.63. The van der Waals surface area contributed by atoms with Gasteiger partial charge in [-0.2, -0.15) is 0 Å². The second-order valence-electron chi connectivity index (χ2n) is 5.94. The van der Waals surface area contributed by atoms with Gasteiger partial charge in [-0.1, -0.05) is 28.4 Å². The maximum atomic E-state index is 6.33. The highest BCUT2D eigenvalue weighted by atomic mass is 35.5. The van der Waals surface area contributed by atoms with Crippen molar-refractivity contribution in [3.63, 3.8) is 0 Å². The molecule has 0 saturated heterocycles. The highest BCUT2D eigenvalue weighted by molar-refractivity contribution is 6.36. The van der Waals surface area contributed by atoms with Gasteiger partial charge in [0.25, 0.3) is 0 Å². The van der Waals surface area contributed by atoms with Gasteiger partial charge in [-0.15, -0.1) is 0 Å². The first-order valence-electron chi connectivity index (χ1n) is 7.94. The SMILES string of the molecule is CCN(c1nc(C)nc2c(-c3ccc(Cl)cc3Cl)noc12)C1CC1. The fourth-order valence-corrected chi connectivity index (χ4v) is 3.44. The van der Waals surface area contributed by atoms with Crippen LogP contribution in [0.15, 0.2) is 22.7 Å². The molecule has 0 N–H and O–H groups in total. The normalized spacial score (nSPS) is 14.3. The predicted octanol–water partition coefficient (Wildman–Crippen LogP) is 4.89. The van der Waals surface area contributed by atoms with Crippen molar-refractivity contribution < 1.29 is 4.52 Å². The van der Waals surface area contributed by atoms with Crippen LogP contribution in [0.1, 0.15) is 25.6 Å². The molecule has 1 saturated carbocycles. The average molecular weight is 363 g/mol. The molecule has 0 amide bonds. The summed E-state index contributed by atoms with van der Waals surface area (Å²) in [7, 11) is 0. The summed E-state index contributed by atoms with van der Waals surface area (Å²) in [6.45, 7) is 4.87. The molecule has 0 unspecified atom stereocenters. The van der Waals surface area contributed by atoms with Crippen molar-refractivity contribution in [3.05, 3.63) is 34.1 Å². The molecule has 124 valence electrons. The van der Waals surface area contributed by atoms with Crippen LogP contribution in [-0.2, 0) is 0 Å². The average Bonchev–Trinajstić information content (AvgIpc) is 3.28. The zero-order chi connectivity index (χ0) is 16.8. The van der Waals surface area contributed by atoms with E-state index < -0.39 is 0 Å². The number of fused-ring (bicyclic) bond motifs is 1. The molecule has 0 radical (unpaired) electrons. The lowest BCUT2D eigenvalue weighted by atomic mass is 10.1. The van der Waals surface area contributed by atoms with Crippen LogP contribution in [0.3, 0.4) is 0 Å². The molecular weight excluding hydrogens is 347 g/mol. The zero-order valence-electron chi connectivity index (χ0n) is 13.4. The summed E-state index contributed by atoms with van der Waals surface area (Å²) in [6.07, 6.45) is 2.37. The summed E-state index contributed by atoms with van der Waals surface area (Å²) in [5.74, 6) is 1.50. The number of nitrogens with zero attached hydrogens (tertiary/aromatic N) is 4. The highest BCUT2D eigenvalue weighted by Gasteiger charge is 2.32. The first-order chi connectivity index (χ1) is 11.6. The van der Waals surface area contributed by atoms with Crippen molar-refractivity contribution in [2.45, 2.75) is 32.7 Å². The Morgan fingerprint density at radius 2 is 2.04 bits per heavy atom. The van der Waals surface area contributed by atoms with Crippen LogP contribution < -0.4 is 4.90 Å². The molecule has 2 aromatic heterocycles. The lowest BCUT2D eigenvalue weighted by Crippen LogP contribution is -2.26. The Kier molecular flexibility index (Phi) is 3.85. The highest BCUT2D eigenvalue weighted by Crippen LogP contribution is 2.38. The molecular formula is C17H16Cl2N4O. The Hall–Kier alpha value is -1.85. The van der Waals surface area contributed by atoms with Gasteiger partial charge in [0.2, 0.25) is 5.58 Å². The Labute approximate surface area is 149 Å². The van der Waals surface area contributed by atoms with Crippen molar-refractivity contribution in [1.82, 2.24) is 15.1 Å². The van der Waals surface area contributed by atoms with E-state index in [0.717, 1.165) is 17.9 Å². The van der Waals surface area contributed by atoms with Crippen LogP contribution in [0.25, 0.3) is 22.4 Å². The third-order valence-corrected chi connectivity index (χ3v) is 4.75. The number of hydrogen-bond donors (Lipinski definition) is 0. The molecule has 2 heterocycles. The van der Waals surface area contributed by atoms with Crippen LogP contribution in [0.5, 0.6) is 0 Å². The van der Waals surface area contributed by atoms with E-state index in [1.54, 1.807) is 12.1 Å². The summed E-state index contributed by atoms with van der Waals surface area (Å²) in [6, 6.07) is 5.83. The molecule has 1 fully saturated rings. The fraction of sp³-hybridized carbons (Fsp3) is 0.353. The van der Waals surface area contributed by atoms with E-state index in [2.05, 4.69) is 26.9 Å². The molecule has 24 heavy (non-hydrogen) atoms. The van der Waals surface area contributed by atoms with Gasteiger partial charge in [0, 0.05) is 23.2 Å². The molecule has 1 aliphatic rings. The number of benzene rings is 1. The minimum atomic E-state index is 0.519. The van der Waals surface area contributed by atoms with Crippen LogP contribution in [-0.4, -0.2) is 27.7 Å². The van der Waals surface area contributed by atoms with Gasteiger partial charge < -0.3 is 9.42 Å². The maximum Gasteiger partial charge on any atom is 0.228 e. The fourth-order valence-electron chi connectivity index (χ4n) is 2.95. The first-order valence-corrected chi connectivity index (χ1v) is 8.70. The first kappa shape index (κ1) is 15.7. The summed E-state index contributed by atoms with van der Waals surface area (Å²) in [4.78, 5) is 11.4. The van der Waals surface area contributed by atoms with Crippen LogP contribution in [0.4, 0.5) is 5.82 Å². The van der Waals surface area contributed by atoms with Crippen molar-refractivity contribution in [3.8, 4) is 11.3 Å². The Morgan fingerprint density at radius 3 is 2.71 bits per heavy atom. The van der Waals surface area contributed by atoms with E-state index in [1.807, 2.05) is 13.0 Å². The van der Waals surface area contributed by atoms with Crippen molar-refractivity contribution in [1.29, 1.82) is 0 Å². The Balaban J connectivity index is 1.91. The van der Waals surface area contributed by atoms with Crippen molar-refractivity contribution >= 4 is 40.1 Å². The van der Waals surface area contributed by atoms with Crippen LogP contribution >= 0.6 is 23.2 Å². The van der Waals surface area contributed by atoms with Gasteiger partial charge in [-0.25, -0.2) is 9.97 Å². The molecule has 0 atom stereocenters. The molecule has 0 aliphatic heterocycles. The predicted molar refractivity (Wildman–Crippen MR) is 95.8 cm³/mol. The zero-order valence-corrected chi connectivity index (χ0v) is 14.9. The number of rotatable bonds is 4. The standard InChI is InChI=1S/C17H16Cl2N4O/c1-3-23(11-5-6-11)17-16-15(20-9(2)21-17)14(22-24-16)12-7-4-10(18)8-13(12)19/h4,7-8,11H,3,5-6H2,1-2H3. The lowest BCUT2D eigenvalue weighted by Gasteiger charge is -2.21. The summed E-state index contributed by atoms with van der Waals surface area (Å²) in [5, 5.41) is 5.32. The van der Waals surface area contributed by atoms with E-state index >= 15 is 0 Å². The summed E-state index contributed by atoms with van der Waals surface area (Å²) in [5.41, 5.74) is 2.65. The second-order valence-corrected chi connectivity index (χ2v) is 6.79. The molecule has 0 bridgehead atoms. The number of anilines is 1. The summed E-state index contributed by atoms with van der Waals surface area (Å²) >= 11 is 12.3. The number of halogens is 2. The van der Waals surface area contributed by atoms with Gasteiger partial charge in [0.1, 0.15) is 17.0 Å². The third kappa shape index (κ3) is 2.62. The molecule has 1 aliphatic carbocycles. The number of aryl methyl sites for hydroxylation is 1. The minimum absolute atomic E-state index is 0.519. The van der Waals surface area contributed by atoms with Gasteiger partial charge in [0.15, 0.2) is 5.82 Å². The van der Waals surface area contributed by atoms with Gasteiger partial charge in [0.05, 0.1) is 5.02 Å². The Bertz CT molecular complexity index is 920. The second kappa shape index (κ2) is 5.90. The molecule has 3 aromatic rings. The number of hydrogen-bond acceptors (Lipinski definition) is 5. The largest absolute Gasteiger partial charge is 0.351 e. The molecule has 4 rings (SSSR count). The van der Waals surface area contributed by atoms with E-state index in [9.17, 15) is 0 Å². The molecule has 0 spiro atoms. The topological polar surface area (TPSA) is 55.1 Å². The van der Waals surface area contributed by atoms with Gasteiger partial charge in [-0.3, -0.25) is 0 Å². The molecule has 1 aromatic carbocycles. The van der Waals surface area contributed by atoms with Crippen LogP contribution in [0.2, 0.25) is 10.0 Å². The van der Waals surface area contributed by atoms with Gasteiger partial charge in [-0.05, 0) is 44.9 Å². The quantitative estimate of drug-likeness (QED) is 0.661. The number of aromatic nitrogens is 3. The van der Waals surface area contributed by atoms with E-state index in [4.69, 9.17) is 27.7 Å². The third-order valence-electron chi connectivity index (χ3n) is 4.20. The molecule has 7 heteroatoms. The van der Waals surface area contributed by atoms with Crippen LogP contribution in [0, 0.1) is 6.92 Å². The minimum Gasteiger partial charge on any atom is -0.351 e. The van der Waals surface area contributed by atoms with Crippen molar-refractivity contribution in [2.24, 2.45) is 0 Å². The Morgan fingerprint density at radius 1 is 1.25 bits per heavy atom. The van der Waals surface area contributed by atoms with E-state index in [0.29, 0.717) is 38.7 Å². The van der Waals surface area contributed by atoms with E-state index in [-0.39, 0.29) is 0 Å². The lowest BCUT2D eigenvalue weighted by molar-refractivity contribution is 0.458. The van der Waals surface area contributed by atoms with Crippen molar-refractivity contribution in [2.75, 3.05) is 11.4 Å². The van der Waals surface area contributed by atoms with Gasteiger partial charge >= 0.3 is 0 Å².